The molecule has 0 aliphatic heterocycles. The van der Waals surface area contributed by atoms with Crippen LogP contribution in [-0.4, -0.2) is 99.8 Å². The van der Waals surface area contributed by atoms with Crippen LogP contribution >= 0.6 is 0 Å². The van der Waals surface area contributed by atoms with Crippen molar-refractivity contribution in [2.45, 2.75) is 122 Å². The van der Waals surface area contributed by atoms with Crippen LogP contribution in [-0.2, 0) is 44.8 Å². The van der Waals surface area contributed by atoms with Crippen molar-refractivity contribution in [2.24, 2.45) is 17.6 Å². The fourth-order valence-corrected chi connectivity index (χ4v) is 6.31. The number of benzene rings is 1. The summed E-state index contributed by atoms with van der Waals surface area (Å²) >= 11 is 0. The number of rotatable bonds is 21. The van der Waals surface area contributed by atoms with Gasteiger partial charge in [0.25, 0.3) is 0 Å². The van der Waals surface area contributed by atoms with Crippen molar-refractivity contribution in [2.75, 3.05) is 7.05 Å². The SMILES string of the molecule is CC(=O)NC(CCC(N)=O)C(=O)N[C@@H](CC1CCCCC1)C(=O)NC(CC(=O)O)C(=O)N[C@@H](CC(C)C)C(=O)N(C)C(Cc1ccccc1)C(=O)O. The first-order chi connectivity index (χ1) is 24.5. The topological polar surface area (TPSA) is 254 Å². The van der Waals surface area contributed by atoms with Crippen molar-refractivity contribution in [3.63, 3.8) is 0 Å². The Morgan fingerprint density at radius 3 is 1.90 bits per heavy atom. The molecule has 1 aromatic carbocycles. The third-order valence-electron chi connectivity index (χ3n) is 9.01. The number of nitrogens with one attached hydrogen (secondary N) is 4. The number of hydrogen-bond acceptors (Lipinski definition) is 8. The molecule has 0 radical (unpaired) electrons. The maximum atomic E-state index is 13.8. The third kappa shape index (κ3) is 15.1. The molecule has 0 spiro atoms. The number of nitrogens with zero attached hydrogens (tertiary/aromatic N) is 1. The number of primary amides is 1. The molecule has 6 amide bonds. The van der Waals surface area contributed by atoms with Crippen molar-refractivity contribution in [3.8, 4) is 0 Å². The Bertz CT molecular complexity index is 1420. The molecule has 16 nitrogen and oxygen atoms in total. The summed E-state index contributed by atoms with van der Waals surface area (Å²) in [7, 11) is 1.32. The number of carboxylic acid groups (broad SMARTS) is 2. The summed E-state index contributed by atoms with van der Waals surface area (Å²) in [6, 6.07) is 2.07. The second kappa shape index (κ2) is 21.4. The van der Waals surface area contributed by atoms with Gasteiger partial charge in [0.1, 0.15) is 30.2 Å². The van der Waals surface area contributed by atoms with Crippen molar-refractivity contribution in [1.29, 1.82) is 0 Å². The van der Waals surface area contributed by atoms with Gasteiger partial charge in [-0.25, -0.2) is 4.79 Å². The minimum atomic E-state index is -1.68. The minimum absolute atomic E-state index is 0.00210. The normalized spacial score (nSPS) is 15.9. The maximum Gasteiger partial charge on any atom is 0.326 e. The molecule has 16 heteroatoms. The highest BCUT2D eigenvalue weighted by molar-refractivity contribution is 5.97. The smallest absolute Gasteiger partial charge is 0.326 e. The molecule has 5 atom stereocenters. The van der Waals surface area contributed by atoms with Gasteiger partial charge in [-0.05, 0) is 36.7 Å². The number of nitrogens with two attached hydrogens (primary N) is 1. The first-order valence-electron chi connectivity index (χ1n) is 17.7. The molecule has 1 fully saturated rings. The molecule has 0 aromatic heterocycles. The fourth-order valence-electron chi connectivity index (χ4n) is 6.31. The van der Waals surface area contributed by atoms with Crippen molar-refractivity contribution < 1.29 is 48.6 Å². The van der Waals surface area contributed by atoms with Crippen LogP contribution in [0, 0.1) is 11.8 Å². The van der Waals surface area contributed by atoms with Crippen LogP contribution in [0.4, 0.5) is 0 Å². The molecule has 0 heterocycles. The van der Waals surface area contributed by atoms with Crippen LogP contribution in [0.15, 0.2) is 30.3 Å². The highest BCUT2D eigenvalue weighted by Gasteiger charge is 2.36. The zero-order valence-corrected chi connectivity index (χ0v) is 30.4. The van der Waals surface area contributed by atoms with Gasteiger partial charge in [0.15, 0.2) is 0 Å². The lowest BCUT2D eigenvalue weighted by atomic mass is 9.84. The summed E-state index contributed by atoms with van der Waals surface area (Å²) in [5.41, 5.74) is 5.92. The Labute approximate surface area is 304 Å². The quantitative estimate of drug-likeness (QED) is 0.0939. The molecule has 2 rings (SSSR count). The number of aliphatic carboxylic acids is 2. The predicted octanol–water partition coefficient (Wildman–Crippen LogP) is 0.857. The summed E-state index contributed by atoms with van der Waals surface area (Å²) in [6.45, 7) is 4.77. The zero-order chi connectivity index (χ0) is 39.0. The van der Waals surface area contributed by atoms with E-state index in [1.54, 1.807) is 44.2 Å². The van der Waals surface area contributed by atoms with E-state index < -0.39 is 84.0 Å². The van der Waals surface area contributed by atoms with Crippen molar-refractivity contribution in [1.82, 2.24) is 26.2 Å². The monoisotopic (exact) mass is 730 g/mol. The number of carbonyl (C=O) groups is 8. The highest BCUT2D eigenvalue weighted by atomic mass is 16.4. The molecule has 8 N–H and O–H groups in total. The van der Waals surface area contributed by atoms with Crippen molar-refractivity contribution in [3.05, 3.63) is 35.9 Å². The number of hydrogen-bond donors (Lipinski definition) is 7. The molecule has 0 bridgehead atoms. The molecule has 1 aromatic rings. The van der Waals surface area contributed by atoms with Crippen LogP contribution in [0.1, 0.15) is 90.5 Å². The molecular weight excluding hydrogens is 676 g/mol. The number of amides is 6. The lowest BCUT2D eigenvalue weighted by Crippen LogP contribution is -2.59. The number of carbonyl (C=O) groups excluding carboxylic acids is 6. The average Bonchev–Trinajstić information content (AvgIpc) is 3.07. The first-order valence-corrected chi connectivity index (χ1v) is 17.7. The summed E-state index contributed by atoms with van der Waals surface area (Å²) in [5, 5.41) is 29.7. The Morgan fingerprint density at radius 1 is 0.808 bits per heavy atom. The molecule has 3 unspecified atom stereocenters. The van der Waals surface area contributed by atoms with Gasteiger partial charge in [0.05, 0.1) is 6.42 Å². The van der Waals surface area contributed by atoms with E-state index in [4.69, 9.17) is 5.73 Å². The summed E-state index contributed by atoms with van der Waals surface area (Å²) in [5.74, 6) is -7.38. The number of carboxylic acids is 2. The van der Waals surface area contributed by atoms with E-state index in [1.807, 2.05) is 0 Å². The van der Waals surface area contributed by atoms with Gasteiger partial charge in [-0.2, -0.15) is 0 Å². The van der Waals surface area contributed by atoms with Crippen LogP contribution in [0.25, 0.3) is 0 Å². The van der Waals surface area contributed by atoms with E-state index >= 15 is 0 Å². The van der Waals surface area contributed by atoms with Crippen LogP contribution in [0.3, 0.4) is 0 Å². The second-order valence-corrected chi connectivity index (χ2v) is 13.9. The van der Waals surface area contributed by atoms with Gasteiger partial charge in [-0.15, -0.1) is 0 Å². The fraction of sp³-hybridized carbons (Fsp3) is 0.611. The van der Waals surface area contributed by atoms with Crippen LogP contribution in [0.5, 0.6) is 0 Å². The molecule has 0 saturated heterocycles. The average molecular weight is 731 g/mol. The third-order valence-corrected chi connectivity index (χ3v) is 9.01. The van der Waals surface area contributed by atoms with Gasteiger partial charge in [-0.3, -0.25) is 33.6 Å². The summed E-state index contributed by atoms with van der Waals surface area (Å²) < 4.78 is 0. The largest absolute Gasteiger partial charge is 0.481 e. The van der Waals surface area contributed by atoms with Crippen LogP contribution < -0.4 is 27.0 Å². The van der Waals surface area contributed by atoms with E-state index in [9.17, 15) is 48.6 Å². The Morgan fingerprint density at radius 2 is 1.37 bits per heavy atom. The number of likely N-dealkylation sites (N-methyl/N-ethyl adjacent to an activating group) is 1. The molecule has 1 saturated carbocycles. The van der Waals surface area contributed by atoms with Gasteiger partial charge >= 0.3 is 11.9 Å². The van der Waals surface area contributed by atoms with Crippen LogP contribution in [0.2, 0.25) is 0 Å². The van der Waals surface area contributed by atoms with Gasteiger partial charge in [0, 0.05) is 26.8 Å². The molecule has 1 aliphatic carbocycles. The standard InChI is InChI=1S/C36H54N6O10/c1-21(2)17-28(35(50)42(4)29(36(51)52)19-24-13-9-6-10-14-24)41-34(49)27(20-31(45)46)40-33(48)26(18-23-11-7-5-8-12-23)39-32(47)25(38-22(3)43)15-16-30(37)44/h6,9-10,13-14,21,23,25-29H,5,7-8,11-12,15-20H2,1-4H3,(H2,37,44)(H,38,43)(H,39,47)(H,40,48)(H,41,49)(H,45,46)(H,51,52)/t25?,26-,27?,28-,29?/m0/s1. The van der Waals surface area contributed by atoms with Crippen molar-refractivity contribution >= 4 is 47.4 Å². The van der Waals surface area contributed by atoms with Gasteiger partial charge in [-0.1, -0.05) is 76.3 Å². The van der Waals surface area contributed by atoms with E-state index in [0.717, 1.165) is 37.0 Å². The van der Waals surface area contributed by atoms with E-state index in [-0.39, 0.29) is 43.9 Å². The summed E-state index contributed by atoms with van der Waals surface area (Å²) in [6.07, 6.45) is 3.44. The molecule has 288 valence electrons. The molecule has 52 heavy (non-hydrogen) atoms. The second-order valence-electron chi connectivity index (χ2n) is 13.9. The first kappa shape index (κ1) is 43.1. The molecular formula is C36H54N6O10. The van der Waals surface area contributed by atoms with Gasteiger partial charge in [0.2, 0.25) is 35.4 Å². The Hall–Kier alpha value is -5.02. The molecule has 1 aliphatic rings. The summed E-state index contributed by atoms with van der Waals surface area (Å²) in [4.78, 5) is 103. The lowest BCUT2D eigenvalue weighted by molar-refractivity contribution is -0.150. The van der Waals surface area contributed by atoms with E-state index in [1.165, 1.54) is 14.0 Å². The van der Waals surface area contributed by atoms with E-state index in [2.05, 4.69) is 21.3 Å². The van der Waals surface area contributed by atoms with E-state index in [0.29, 0.717) is 5.56 Å². The predicted molar refractivity (Wildman–Crippen MR) is 189 cm³/mol. The Kier molecular flexibility index (Phi) is 17.7. The Balaban J connectivity index is 2.33. The highest BCUT2D eigenvalue weighted by Crippen LogP contribution is 2.27. The van der Waals surface area contributed by atoms with Gasteiger partial charge < -0.3 is 42.1 Å². The minimum Gasteiger partial charge on any atom is -0.481 e. The lowest BCUT2D eigenvalue weighted by Gasteiger charge is -2.31. The maximum absolute atomic E-state index is 13.8. The zero-order valence-electron chi connectivity index (χ0n) is 30.4.